The molecule has 1 aromatic carbocycles. The van der Waals surface area contributed by atoms with Gasteiger partial charge in [0.05, 0.1) is 39.2 Å². The van der Waals surface area contributed by atoms with Gasteiger partial charge in [0.1, 0.15) is 6.17 Å². The highest BCUT2D eigenvalue weighted by Crippen LogP contribution is 2.28. The Balaban J connectivity index is 1.81. The summed E-state index contributed by atoms with van der Waals surface area (Å²) in [5.74, 6) is 0.616. The summed E-state index contributed by atoms with van der Waals surface area (Å²) in [6.07, 6.45) is 2.01. The lowest BCUT2D eigenvalue weighted by Gasteiger charge is -2.34. The molecule has 1 fully saturated rings. The van der Waals surface area contributed by atoms with Gasteiger partial charge in [-0.3, -0.25) is 4.98 Å². The molecule has 2 N–H and O–H groups in total. The van der Waals surface area contributed by atoms with Crippen LogP contribution in [0.1, 0.15) is 12.1 Å². The van der Waals surface area contributed by atoms with Crippen LogP contribution in [0.2, 0.25) is 5.02 Å². The number of imidazole rings is 1. The Morgan fingerprint density at radius 3 is 2.76 bits per heavy atom. The molecule has 3 heterocycles. The van der Waals surface area contributed by atoms with Crippen LogP contribution in [-0.4, -0.2) is 54.5 Å². The summed E-state index contributed by atoms with van der Waals surface area (Å²) in [6, 6.07) is 7.84. The highest BCUT2D eigenvalue weighted by molar-refractivity contribution is 7.90. The number of nitrogens with two attached hydrogens (primary N) is 1. The van der Waals surface area contributed by atoms with E-state index in [1.165, 1.54) is 0 Å². The van der Waals surface area contributed by atoms with Crippen LogP contribution in [0.4, 0.5) is 10.3 Å². The van der Waals surface area contributed by atoms with Crippen molar-refractivity contribution in [1.29, 1.82) is 0 Å². The molecule has 1 unspecified atom stereocenters. The van der Waals surface area contributed by atoms with E-state index < -0.39 is 22.1 Å². The Morgan fingerprint density at radius 2 is 2.10 bits per heavy atom. The van der Waals surface area contributed by atoms with Crippen LogP contribution in [0.3, 0.4) is 0 Å². The number of anilines is 1. The molecule has 0 spiro atoms. The summed E-state index contributed by atoms with van der Waals surface area (Å²) >= 11 is 5.94. The summed E-state index contributed by atoms with van der Waals surface area (Å²) in [4.78, 5) is 11.2. The summed E-state index contributed by atoms with van der Waals surface area (Å²) in [6.45, 7) is 1.22. The molecule has 1 aliphatic rings. The molecule has 4 rings (SSSR count). The maximum absolute atomic E-state index is 13.9. The van der Waals surface area contributed by atoms with Gasteiger partial charge in [-0.1, -0.05) is 11.6 Å². The minimum absolute atomic E-state index is 0.199. The van der Waals surface area contributed by atoms with E-state index in [9.17, 15) is 12.8 Å². The van der Waals surface area contributed by atoms with E-state index in [1.54, 1.807) is 30.5 Å². The SMILES string of the molecule is CS(=O)(=O)c1ccc2c(c1)nc(N1CCC(F)[C@H](N)C1)n2Cc1ccc(Cl)cn1. The van der Waals surface area contributed by atoms with Gasteiger partial charge >= 0.3 is 0 Å². The number of hydrogen-bond acceptors (Lipinski definition) is 6. The van der Waals surface area contributed by atoms with Crippen molar-refractivity contribution >= 4 is 38.4 Å². The molecular formula is C19H21ClFN5O2S. The molecule has 29 heavy (non-hydrogen) atoms. The fourth-order valence-electron chi connectivity index (χ4n) is 3.52. The number of sulfone groups is 1. The monoisotopic (exact) mass is 437 g/mol. The predicted molar refractivity (Wildman–Crippen MR) is 111 cm³/mol. The van der Waals surface area contributed by atoms with E-state index in [1.807, 2.05) is 15.5 Å². The Morgan fingerprint density at radius 1 is 1.31 bits per heavy atom. The molecule has 1 saturated heterocycles. The molecule has 0 aliphatic carbocycles. The minimum Gasteiger partial charge on any atom is -0.340 e. The van der Waals surface area contributed by atoms with Crippen LogP contribution in [0.25, 0.3) is 11.0 Å². The Labute approximate surface area is 173 Å². The van der Waals surface area contributed by atoms with Crippen molar-refractivity contribution in [3.05, 3.63) is 47.2 Å². The van der Waals surface area contributed by atoms with Gasteiger partial charge < -0.3 is 15.2 Å². The number of alkyl halides is 1. The molecule has 3 aromatic rings. The zero-order chi connectivity index (χ0) is 20.8. The van der Waals surface area contributed by atoms with Gasteiger partial charge in [-0.15, -0.1) is 0 Å². The average Bonchev–Trinajstić information content (AvgIpc) is 3.03. The lowest BCUT2D eigenvalue weighted by molar-refractivity contribution is 0.243. The van der Waals surface area contributed by atoms with Gasteiger partial charge in [-0.05, 0) is 36.8 Å². The van der Waals surface area contributed by atoms with E-state index in [4.69, 9.17) is 17.3 Å². The Bertz CT molecular complexity index is 1150. The lowest BCUT2D eigenvalue weighted by Crippen LogP contribution is -2.50. The van der Waals surface area contributed by atoms with Crippen LogP contribution in [0.5, 0.6) is 0 Å². The van der Waals surface area contributed by atoms with Crippen molar-refractivity contribution in [1.82, 2.24) is 14.5 Å². The standard InChI is InChI=1S/C19H21ClFN5O2S/c1-29(27,28)14-4-5-18-17(8-14)24-19(25-7-6-15(21)16(22)11-25)26(18)10-13-3-2-12(20)9-23-13/h2-5,8-9,15-16H,6-7,10-11,22H2,1H3/t15?,16-/m1/s1. The van der Waals surface area contributed by atoms with E-state index in [-0.39, 0.29) is 4.90 Å². The van der Waals surface area contributed by atoms with Crippen molar-refractivity contribution in [3.8, 4) is 0 Å². The van der Waals surface area contributed by atoms with Crippen molar-refractivity contribution in [2.24, 2.45) is 5.73 Å². The quantitative estimate of drug-likeness (QED) is 0.673. The molecule has 1 aliphatic heterocycles. The van der Waals surface area contributed by atoms with Gasteiger partial charge in [0, 0.05) is 25.5 Å². The number of halogens is 2. The first kappa shape index (κ1) is 20.1. The minimum atomic E-state index is -3.36. The van der Waals surface area contributed by atoms with Crippen molar-refractivity contribution in [2.75, 3.05) is 24.2 Å². The zero-order valence-electron chi connectivity index (χ0n) is 15.8. The first-order valence-corrected chi connectivity index (χ1v) is 11.4. The van der Waals surface area contributed by atoms with Crippen LogP contribution in [-0.2, 0) is 16.4 Å². The van der Waals surface area contributed by atoms with Crippen molar-refractivity contribution < 1.29 is 12.8 Å². The largest absolute Gasteiger partial charge is 0.340 e. The fraction of sp³-hybridized carbons (Fsp3) is 0.368. The molecule has 0 radical (unpaired) electrons. The predicted octanol–water partition coefficient (Wildman–Crippen LogP) is 2.41. The van der Waals surface area contributed by atoms with E-state index in [2.05, 4.69) is 9.97 Å². The van der Waals surface area contributed by atoms with Gasteiger partial charge in [-0.2, -0.15) is 0 Å². The molecule has 10 heteroatoms. The van der Waals surface area contributed by atoms with E-state index in [0.717, 1.165) is 17.5 Å². The van der Waals surface area contributed by atoms with Crippen molar-refractivity contribution in [3.63, 3.8) is 0 Å². The molecular weight excluding hydrogens is 417 g/mol. The summed E-state index contributed by atoms with van der Waals surface area (Å²) in [5, 5.41) is 0.540. The average molecular weight is 438 g/mol. The number of piperidine rings is 1. The molecule has 2 atom stereocenters. The first-order chi connectivity index (χ1) is 13.7. The normalized spacial score (nSPS) is 20.3. The van der Waals surface area contributed by atoms with Gasteiger partial charge in [0.2, 0.25) is 5.95 Å². The van der Waals surface area contributed by atoms with E-state index >= 15 is 0 Å². The van der Waals surface area contributed by atoms with Gasteiger partial charge in [0.15, 0.2) is 9.84 Å². The third-order valence-corrected chi connectivity index (χ3v) is 6.42. The Hall–Kier alpha value is -2.23. The smallest absolute Gasteiger partial charge is 0.206 e. The molecule has 0 amide bonds. The van der Waals surface area contributed by atoms with E-state index in [0.29, 0.717) is 42.5 Å². The Kier molecular flexibility index (Phi) is 5.22. The van der Waals surface area contributed by atoms with Crippen LogP contribution >= 0.6 is 11.6 Å². The number of rotatable bonds is 4. The lowest BCUT2D eigenvalue weighted by atomic mass is 10.1. The fourth-order valence-corrected chi connectivity index (χ4v) is 4.27. The number of pyridine rings is 1. The highest BCUT2D eigenvalue weighted by Gasteiger charge is 2.29. The number of fused-ring (bicyclic) bond motifs is 1. The topological polar surface area (TPSA) is 94.1 Å². The number of benzene rings is 1. The van der Waals surface area contributed by atoms with Crippen LogP contribution in [0, 0.1) is 0 Å². The van der Waals surface area contributed by atoms with Crippen molar-refractivity contribution in [2.45, 2.75) is 30.1 Å². The molecule has 7 nitrogen and oxygen atoms in total. The molecule has 2 aromatic heterocycles. The second-order valence-corrected chi connectivity index (χ2v) is 9.76. The maximum atomic E-state index is 13.9. The maximum Gasteiger partial charge on any atom is 0.206 e. The first-order valence-electron chi connectivity index (χ1n) is 9.18. The molecule has 0 saturated carbocycles. The summed E-state index contributed by atoms with van der Waals surface area (Å²) in [7, 11) is -3.36. The highest BCUT2D eigenvalue weighted by atomic mass is 35.5. The third-order valence-electron chi connectivity index (χ3n) is 5.09. The number of aromatic nitrogens is 3. The van der Waals surface area contributed by atoms with Gasteiger partial charge in [0.25, 0.3) is 0 Å². The van der Waals surface area contributed by atoms with Crippen LogP contribution < -0.4 is 10.6 Å². The molecule has 154 valence electrons. The second-order valence-electron chi connectivity index (χ2n) is 7.30. The van der Waals surface area contributed by atoms with Gasteiger partial charge in [-0.25, -0.2) is 17.8 Å². The third kappa shape index (κ3) is 4.08. The zero-order valence-corrected chi connectivity index (χ0v) is 17.4. The number of nitrogens with zero attached hydrogens (tertiary/aromatic N) is 4. The number of hydrogen-bond donors (Lipinski definition) is 1. The van der Waals surface area contributed by atoms with Crippen LogP contribution in [0.15, 0.2) is 41.4 Å². The summed E-state index contributed by atoms with van der Waals surface area (Å²) < 4.78 is 39.7. The second kappa shape index (κ2) is 7.55. The summed E-state index contributed by atoms with van der Waals surface area (Å²) in [5.41, 5.74) is 8.02. The molecule has 0 bridgehead atoms.